The SMILES string of the molecule is Fc1cc(Br)cc(C(Br)c2ccc3c(c2)OCCO3)c1. The van der Waals surface area contributed by atoms with E-state index in [-0.39, 0.29) is 10.6 Å². The first-order valence-corrected chi connectivity index (χ1v) is 7.84. The van der Waals surface area contributed by atoms with Gasteiger partial charge in [0.25, 0.3) is 0 Å². The zero-order chi connectivity index (χ0) is 14.1. The van der Waals surface area contributed by atoms with Crippen molar-refractivity contribution in [2.24, 2.45) is 0 Å². The highest BCUT2D eigenvalue weighted by Crippen LogP contribution is 2.38. The molecule has 0 saturated heterocycles. The van der Waals surface area contributed by atoms with Crippen LogP contribution in [0.3, 0.4) is 0 Å². The number of ether oxygens (including phenoxy) is 2. The van der Waals surface area contributed by atoms with Crippen LogP contribution in [0.5, 0.6) is 11.5 Å². The Labute approximate surface area is 133 Å². The van der Waals surface area contributed by atoms with Crippen LogP contribution in [-0.2, 0) is 0 Å². The third-order valence-electron chi connectivity index (χ3n) is 3.04. The lowest BCUT2D eigenvalue weighted by atomic mass is 10.0. The first-order chi connectivity index (χ1) is 9.63. The van der Waals surface area contributed by atoms with Gasteiger partial charge in [-0.1, -0.05) is 37.9 Å². The van der Waals surface area contributed by atoms with Crippen LogP contribution >= 0.6 is 31.9 Å². The van der Waals surface area contributed by atoms with E-state index < -0.39 is 0 Å². The van der Waals surface area contributed by atoms with Crippen LogP contribution in [0.4, 0.5) is 4.39 Å². The molecule has 2 aromatic rings. The minimum Gasteiger partial charge on any atom is -0.486 e. The normalized spacial score (nSPS) is 14.9. The van der Waals surface area contributed by atoms with E-state index in [1.165, 1.54) is 12.1 Å². The Morgan fingerprint density at radius 1 is 0.950 bits per heavy atom. The van der Waals surface area contributed by atoms with Crippen molar-refractivity contribution in [2.75, 3.05) is 13.2 Å². The summed E-state index contributed by atoms with van der Waals surface area (Å²) < 4.78 is 25.3. The van der Waals surface area contributed by atoms with Gasteiger partial charge in [-0.3, -0.25) is 0 Å². The lowest BCUT2D eigenvalue weighted by Crippen LogP contribution is -2.15. The third-order valence-corrected chi connectivity index (χ3v) is 4.55. The molecule has 1 heterocycles. The minimum absolute atomic E-state index is 0.106. The molecule has 0 N–H and O–H groups in total. The third kappa shape index (κ3) is 2.83. The van der Waals surface area contributed by atoms with Crippen molar-refractivity contribution < 1.29 is 13.9 Å². The molecule has 1 aliphatic heterocycles. The van der Waals surface area contributed by atoms with Crippen molar-refractivity contribution in [2.45, 2.75) is 4.83 Å². The summed E-state index contributed by atoms with van der Waals surface area (Å²) >= 11 is 6.91. The van der Waals surface area contributed by atoms with E-state index in [9.17, 15) is 4.39 Å². The Morgan fingerprint density at radius 2 is 1.70 bits per heavy atom. The number of fused-ring (bicyclic) bond motifs is 1. The zero-order valence-corrected chi connectivity index (χ0v) is 13.6. The van der Waals surface area contributed by atoms with Crippen molar-refractivity contribution in [3.05, 3.63) is 57.8 Å². The lowest BCUT2D eigenvalue weighted by molar-refractivity contribution is 0.171. The van der Waals surface area contributed by atoms with Crippen molar-refractivity contribution in [3.8, 4) is 11.5 Å². The van der Waals surface area contributed by atoms with Crippen molar-refractivity contribution in [3.63, 3.8) is 0 Å². The number of halogens is 3. The van der Waals surface area contributed by atoms with Crippen LogP contribution in [-0.4, -0.2) is 13.2 Å². The van der Waals surface area contributed by atoms with E-state index in [0.717, 1.165) is 27.1 Å². The fraction of sp³-hybridized carbons (Fsp3) is 0.200. The second kappa shape index (κ2) is 5.74. The van der Waals surface area contributed by atoms with E-state index >= 15 is 0 Å². The second-order valence-electron chi connectivity index (χ2n) is 4.47. The molecule has 104 valence electrons. The van der Waals surface area contributed by atoms with E-state index in [1.807, 2.05) is 24.3 Å². The highest BCUT2D eigenvalue weighted by Gasteiger charge is 2.17. The summed E-state index contributed by atoms with van der Waals surface area (Å²) in [5, 5.41) is 0. The zero-order valence-electron chi connectivity index (χ0n) is 10.4. The second-order valence-corrected chi connectivity index (χ2v) is 6.30. The van der Waals surface area contributed by atoms with Gasteiger partial charge in [0.1, 0.15) is 19.0 Å². The van der Waals surface area contributed by atoms with Gasteiger partial charge in [0.15, 0.2) is 11.5 Å². The number of rotatable bonds is 2. The quantitative estimate of drug-likeness (QED) is 0.670. The van der Waals surface area contributed by atoms with Gasteiger partial charge in [-0.2, -0.15) is 0 Å². The fourth-order valence-corrected chi connectivity index (χ4v) is 3.16. The molecule has 0 aliphatic carbocycles. The minimum atomic E-state index is -0.267. The van der Waals surface area contributed by atoms with Gasteiger partial charge in [-0.25, -0.2) is 4.39 Å². The van der Waals surface area contributed by atoms with Gasteiger partial charge in [0.05, 0.1) is 4.83 Å². The lowest BCUT2D eigenvalue weighted by Gasteiger charge is -2.20. The van der Waals surface area contributed by atoms with Crippen LogP contribution in [0.2, 0.25) is 0 Å². The number of hydrogen-bond acceptors (Lipinski definition) is 2. The molecule has 5 heteroatoms. The van der Waals surface area contributed by atoms with E-state index in [4.69, 9.17) is 9.47 Å². The van der Waals surface area contributed by atoms with E-state index in [0.29, 0.717) is 13.2 Å². The van der Waals surface area contributed by atoms with E-state index in [2.05, 4.69) is 31.9 Å². The van der Waals surface area contributed by atoms with Crippen LogP contribution < -0.4 is 9.47 Å². The van der Waals surface area contributed by atoms with Gasteiger partial charge >= 0.3 is 0 Å². The fourth-order valence-electron chi connectivity index (χ4n) is 2.13. The molecule has 20 heavy (non-hydrogen) atoms. The molecule has 0 spiro atoms. The largest absolute Gasteiger partial charge is 0.486 e. The van der Waals surface area contributed by atoms with Crippen molar-refractivity contribution in [1.82, 2.24) is 0 Å². The van der Waals surface area contributed by atoms with Gasteiger partial charge in [0.2, 0.25) is 0 Å². The average Bonchev–Trinajstić information content (AvgIpc) is 2.45. The van der Waals surface area contributed by atoms with Gasteiger partial charge in [-0.15, -0.1) is 0 Å². The topological polar surface area (TPSA) is 18.5 Å². The first-order valence-electron chi connectivity index (χ1n) is 6.13. The predicted molar refractivity (Wildman–Crippen MR) is 82.3 cm³/mol. The molecule has 3 rings (SSSR count). The predicted octanol–water partition coefficient (Wildman–Crippen LogP) is 4.84. The first kappa shape index (κ1) is 13.9. The summed E-state index contributed by atoms with van der Waals surface area (Å²) in [6.07, 6.45) is 0. The molecule has 2 aromatic carbocycles. The highest BCUT2D eigenvalue weighted by atomic mass is 79.9. The van der Waals surface area contributed by atoms with E-state index in [1.54, 1.807) is 0 Å². The maximum Gasteiger partial charge on any atom is 0.161 e. The number of benzene rings is 2. The van der Waals surface area contributed by atoms with Gasteiger partial charge in [-0.05, 0) is 41.5 Å². The van der Waals surface area contributed by atoms with Crippen LogP contribution in [0.25, 0.3) is 0 Å². The summed E-state index contributed by atoms with van der Waals surface area (Å²) in [7, 11) is 0. The average molecular weight is 402 g/mol. The van der Waals surface area contributed by atoms with Crippen molar-refractivity contribution >= 4 is 31.9 Å². The summed E-state index contributed by atoms with van der Waals surface area (Å²) in [5.74, 6) is 1.21. The molecule has 1 aliphatic rings. The molecular weight excluding hydrogens is 391 g/mol. The Kier molecular flexibility index (Phi) is 3.98. The van der Waals surface area contributed by atoms with Gasteiger partial charge < -0.3 is 9.47 Å². The molecule has 2 nitrogen and oxygen atoms in total. The summed E-state index contributed by atoms with van der Waals surface area (Å²) in [5.41, 5.74) is 1.83. The van der Waals surface area contributed by atoms with Crippen molar-refractivity contribution in [1.29, 1.82) is 0 Å². The summed E-state index contributed by atoms with van der Waals surface area (Å²) in [4.78, 5) is -0.106. The summed E-state index contributed by atoms with van der Waals surface area (Å²) in [6.45, 7) is 1.12. The molecule has 1 unspecified atom stereocenters. The van der Waals surface area contributed by atoms with Crippen LogP contribution in [0.1, 0.15) is 16.0 Å². The molecule has 0 saturated carbocycles. The Hall–Kier alpha value is -1.07. The molecule has 0 amide bonds. The van der Waals surface area contributed by atoms with Crippen LogP contribution in [0.15, 0.2) is 40.9 Å². The summed E-state index contributed by atoms with van der Waals surface area (Å²) in [6, 6.07) is 10.6. The number of hydrogen-bond donors (Lipinski definition) is 0. The smallest absolute Gasteiger partial charge is 0.161 e. The monoisotopic (exact) mass is 400 g/mol. The molecule has 0 bridgehead atoms. The van der Waals surface area contributed by atoms with Crippen LogP contribution in [0, 0.1) is 5.82 Å². The van der Waals surface area contributed by atoms with Gasteiger partial charge in [0, 0.05) is 4.47 Å². The highest BCUT2D eigenvalue weighted by molar-refractivity contribution is 9.10. The Morgan fingerprint density at radius 3 is 2.45 bits per heavy atom. The Balaban J connectivity index is 1.95. The standard InChI is InChI=1S/C15H11Br2FO2/c16-11-5-10(6-12(18)8-11)15(17)9-1-2-13-14(7-9)20-4-3-19-13/h1-2,5-8,15H,3-4H2. The molecule has 0 radical (unpaired) electrons. The number of alkyl halides is 1. The molecule has 0 fully saturated rings. The molecule has 0 aromatic heterocycles. The maximum atomic E-state index is 13.5. The molecular formula is C15H11Br2FO2. The molecule has 1 atom stereocenters. The Bertz CT molecular complexity index is 626. The maximum absolute atomic E-state index is 13.5.